The molecule has 19 heavy (non-hydrogen) atoms. The molecule has 0 heterocycles. The van der Waals surface area contributed by atoms with E-state index in [1.807, 2.05) is 48.3 Å². The summed E-state index contributed by atoms with van der Waals surface area (Å²) in [7, 11) is 0. The van der Waals surface area contributed by atoms with Crippen molar-refractivity contribution in [2.24, 2.45) is 5.10 Å². The first-order valence-corrected chi connectivity index (χ1v) is 7.44. The molecule has 0 fully saturated rings. The lowest BCUT2D eigenvalue weighted by Crippen LogP contribution is -1.90. The van der Waals surface area contributed by atoms with Crippen molar-refractivity contribution in [3.05, 3.63) is 60.2 Å². The van der Waals surface area contributed by atoms with Gasteiger partial charge in [0.25, 0.3) is 0 Å². The minimum atomic E-state index is 0.996. The number of nitrogens with one attached hydrogen (secondary N) is 1. The molecule has 1 N–H and O–H groups in total. The summed E-state index contributed by atoms with van der Waals surface area (Å²) in [5.41, 5.74) is 5.13. The van der Waals surface area contributed by atoms with Crippen LogP contribution in [0.25, 0.3) is 0 Å². The Balaban J connectivity index is 1.95. The lowest BCUT2D eigenvalue weighted by molar-refractivity contribution is 1.10. The number of thioether (sulfide) groups is 1. The molecule has 0 unspecified atom stereocenters. The highest BCUT2D eigenvalue weighted by molar-refractivity contribution is 7.99. The molecule has 0 atom stereocenters. The maximum Gasteiger partial charge on any atom is 0.0561 e. The number of hydrazone groups is 1. The Morgan fingerprint density at radius 1 is 1.11 bits per heavy atom. The number of anilines is 1. The number of rotatable bonds is 6. The molecule has 0 aromatic heterocycles. The van der Waals surface area contributed by atoms with Gasteiger partial charge in [-0.15, -0.1) is 11.8 Å². The van der Waals surface area contributed by atoms with Crippen LogP contribution in [0.3, 0.4) is 0 Å². The molecule has 0 amide bonds. The number of benzene rings is 2. The van der Waals surface area contributed by atoms with E-state index in [0.29, 0.717) is 0 Å². The fourth-order valence-electron chi connectivity index (χ4n) is 1.60. The van der Waals surface area contributed by atoms with Gasteiger partial charge >= 0.3 is 0 Å². The molecule has 2 nitrogen and oxygen atoms in total. The lowest BCUT2D eigenvalue weighted by Gasteiger charge is -2.01. The second-order valence-corrected chi connectivity index (χ2v) is 5.33. The highest BCUT2D eigenvalue weighted by atomic mass is 32.2. The van der Waals surface area contributed by atoms with Gasteiger partial charge in [-0.2, -0.15) is 5.10 Å². The summed E-state index contributed by atoms with van der Waals surface area (Å²) in [4.78, 5) is 1.30. The third-order valence-electron chi connectivity index (χ3n) is 2.51. The van der Waals surface area contributed by atoms with Gasteiger partial charge in [0, 0.05) is 4.90 Å². The van der Waals surface area contributed by atoms with Gasteiger partial charge in [0.2, 0.25) is 0 Å². The molecule has 3 heteroatoms. The van der Waals surface area contributed by atoms with Gasteiger partial charge in [0.05, 0.1) is 11.9 Å². The zero-order chi connectivity index (χ0) is 13.3. The van der Waals surface area contributed by atoms with Crippen LogP contribution in [0.4, 0.5) is 5.69 Å². The zero-order valence-electron chi connectivity index (χ0n) is 11.0. The molecule has 0 aliphatic carbocycles. The van der Waals surface area contributed by atoms with Gasteiger partial charge in [0.15, 0.2) is 0 Å². The summed E-state index contributed by atoms with van der Waals surface area (Å²) < 4.78 is 0. The van der Waals surface area contributed by atoms with Gasteiger partial charge in [-0.25, -0.2) is 0 Å². The topological polar surface area (TPSA) is 24.4 Å². The molecule has 0 aliphatic rings. The molecular formula is C16H18N2S. The van der Waals surface area contributed by atoms with E-state index in [4.69, 9.17) is 0 Å². The SMILES string of the molecule is CCCSc1cccc(C=NNc2ccccc2)c1. The van der Waals surface area contributed by atoms with Gasteiger partial charge in [0.1, 0.15) is 0 Å². The predicted octanol–water partition coefficient (Wildman–Crippen LogP) is 4.63. The van der Waals surface area contributed by atoms with Crippen molar-refractivity contribution in [3.8, 4) is 0 Å². The van der Waals surface area contributed by atoms with Crippen molar-refractivity contribution >= 4 is 23.7 Å². The average molecular weight is 270 g/mol. The zero-order valence-corrected chi connectivity index (χ0v) is 11.9. The van der Waals surface area contributed by atoms with E-state index >= 15 is 0 Å². The second-order valence-electron chi connectivity index (χ2n) is 4.16. The number of hydrogen-bond donors (Lipinski definition) is 1. The summed E-state index contributed by atoms with van der Waals surface area (Å²) in [6.45, 7) is 2.20. The molecule has 2 aromatic carbocycles. The molecule has 0 bridgehead atoms. The normalized spacial score (nSPS) is 10.8. The third kappa shape index (κ3) is 4.79. The van der Waals surface area contributed by atoms with Crippen LogP contribution in [-0.2, 0) is 0 Å². The molecule has 0 spiro atoms. The number of para-hydroxylation sites is 1. The monoisotopic (exact) mass is 270 g/mol. The quantitative estimate of drug-likeness (QED) is 0.470. The summed E-state index contributed by atoms with van der Waals surface area (Å²) >= 11 is 1.88. The van der Waals surface area contributed by atoms with Gasteiger partial charge < -0.3 is 0 Å². The van der Waals surface area contributed by atoms with Crippen molar-refractivity contribution in [1.29, 1.82) is 0 Å². The van der Waals surface area contributed by atoms with Crippen LogP contribution in [0.1, 0.15) is 18.9 Å². The summed E-state index contributed by atoms with van der Waals surface area (Å²) in [6, 6.07) is 18.4. The Morgan fingerprint density at radius 3 is 2.74 bits per heavy atom. The fourth-order valence-corrected chi connectivity index (χ4v) is 2.43. The molecular weight excluding hydrogens is 252 g/mol. The molecule has 2 aromatic rings. The minimum Gasteiger partial charge on any atom is -0.279 e. The summed E-state index contributed by atoms with van der Waals surface area (Å²) in [5, 5.41) is 4.25. The Hall–Kier alpha value is -1.74. The number of hydrogen-bond acceptors (Lipinski definition) is 3. The van der Waals surface area contributed by atoms with Crippen LogP contribution in [-0.4, -0.2) is 12.0 Å². The van der Waals surface area contributed by atoms with Gasteiger partial charge in [-0.3, -0.25) is 5.43 Å². The van der Waals surface area contributed by atoms with E-state index < -0.39 is 0 Å². The molecule has 2 rings (SSSR count). The van der Waals surface area contributed by atoms with Crippen molar-refractivity contribution in [1.82, 2.24) is 0 Å². The Morgan fingerprint density at radius 2 is 1.95 bits per heavy atom. The van der Waals surface area contributed by atoms with Crippen molar-refractivity contribution in [2.75, 3.05) is 11.2 Å². The van der Waals surface area contributed by atoms with E-state index in [0.717, 1.165) is 17.0 Å². The Labute approximate surface area is 118 Å². The van der Waals surface area contributed by atoms with E-state index in [2.05, 4.69) is 41.7 Å². The van der Waals surface area contributed by atoms with E-state index in [1.54, 1.807) is 0 Å². The van der Waals surface area contributed by atoms with Crippen LogP contribution < -0.4 is 5.43 Å². The smallest absolute Gasteiger partial charge is 0.0561 e. The van der Waals surface area contributed by atoms with E-state index in [-0.39, 0.29) is 0 Å². The Bertz CT molecular complexity index is 523. The first-order chi connectivity index (χ1) is 9.38. The predicted molar refractivity (Wildman–Crippen MR) is 85.1 cm³/mol. The molecule has 0 aliphatic heterocycles. The van der Waals surface area contributed by atoms with Crippen molar-refractivity contribution in [3.63, 3.8) is 0 Å². The summed E-state index contributed by atoms with van der Waals surface area (Å²) in [5.74, 6) is 1.16. The standard InChI is InChI=1S/C16H18N2S/c1-2-11-19-16-10-6-7-14(12-16)13-17-18-15-8-4-3-5-9-15/h3-10,12-13,18H,2,11H2,1H3. The van der Waals surface area contributed by atoms with Gasteiger partial charge in [-0.1, -0.05) is 37.3 Å². The molecule has 0 saturated carbocycles. The number of nitrogens with zero attached hydrogens (tertiary/aromatic N) is 1. The highest BCUT2D eigenvalue weighted by Crippen LogP contribution is 2.19. The molecule has 0 radical (unpaired) electrons. The van der Waals surface area contributed by atoms with Crippen LogP contribution >= 0.6 is 11.8 Å². The van der Waals surface area contributed by atoms with E-state index in [1.165, 1.54) is 11.3 Å². The van der Waals surface area contributed by atoms with Gasteiger partial charge in [-0.05, 0) is 42.0 Å². The lowest BCUT2D eigenvalue weighted by atomic mass is 10.2. The van der Waals surface area contributed by atoms with Crippen LogP contribution in [0, 0.1) is 0 Å². The van der Waals surface area contributed by atoms with Crippen LogP contribution in [0.5, 0.6) is 0 Å². The third-order valence-corrected chi connectivity index (χ3v) is 3.71. The first kappa shape index (κ1) is 13.7. The summed E-state index contributed by atoms with van der Waals surface area (Å²) in [6.07, 6.45) is 3.04. The fraction of sp³-hybridized carbons (Fsp3) is 0.188. The van der Waals surface area contributed by atoms with Crippen molar-refractivity contribution in [2.45, 2.75) is 18.2 Å². The van der Waals surface area contributed by atoms with Crippen molar-refractivity contribution < 1.29 is 0 Å². The maximum atomic E-state index is 4.25. The van der Waals surface area contributed by atoms with E-state index in [9.17, 15) is 0 Å². The highest BCUT2D eigenvalue weighted by Gasteiger charge is 1.94. The minimum absolute atomic E-state index is 0.996. The van der Waals surface area contributed by atoms with Crippen LogP contribution in [0.2, 0.25) is 0 Å². The second kappa shape index (κ2) is 7.64. The Kier molecular flexibility index (Phi) is 5.50. The first-order valence-electron chi connectivity index (χ1n) is 6.45. The van der Waals surface area contributed by atoms with Crippen LogP contribution in [0.15, 0.2) is 64.6 Å². The largest absolute Gasteiger partial charge is 0.279 e. The molecule has 98 valence electrons. The average Bonchev–Trinajstić information content (AvgIpc) is 2.47. The maximum absolute atomic E-state index is 4.25. The molecule has 0 saturated heterocycles.